The van der Waals surface area contributed by atoms with Gasteiger partial charge in [0.2, 0.25) is 5.91 Å². The van der Waals surface area contributed by atoms with Gasteiger partial charge < -0.3 is 20.4 Å². The fourth-order valence-corrected chi connectivity index (χ4v) is 2.01. The first kappa shape index (κ1) is 15.3. The summed E-state index contributed by atoms with van der Waals surface area (Å²) in [4.78, 5) is 18.7. The smallest absolute Gasteiger partial charge is 0.223 e. The highest BCUT2D eigenvalue weighted by molar-refractivity contribution is 7.80. The number of likely N-dealkylation sites (N-methyl/N-ethyl adjacent to an activating group) is 1. The second kappa shape index (κ2) is 7.66. The number of nitrogens with two attached hydrogens (primary N) is 1. The van der Waals surface area contributed by atoms with Crippen LogP contribution in [0.3, 0.4) is 0 Å². The highest BCUT2D eigenvalue weighted by Crippen LogP contribution is 2.02. The molecule has 0 aromatic heterocycles. The number of carbonyl (C=O) groups is 1. The van der Waals surface area contributed by atoms with E-state index in [0.29, 0.717) is 24.4 Å². The summed E-state index contributed by atoms with van der Waals surface area (Å²) in [5, 5.41) is 0. The van der Waals surface area contributed by atoms with E-state index in [1.165, 1.54) is 0 Å². The van der Waals surface area contributed by atoms with Crippen molar-refractivity contribution in [1.29, 1.82) is 0 Å². The maximum Gasteiger partial charge on any atom is 0.223 e. The predicted molar refractivity (Wildman–Crippen MR) is 77.6 cm³/mol. The number of hydrogen-bond acceptors (Lipinski definition) is 4. The Labute approximate surface area is 115 Å². The molecule has 1 aliphatic heterocycles. The third-order valence-corrected chi connectivity index (χ3v) is 3.56. The van der Waals surface area contributed by atoms with Gasteiger partial charge in [0.05, 0.1) is 4.99 Å². The molecule has 1 amide bonds. The summed E-state index contributed by atoms with van der Waals surface area (Å²) in [6.07, 6.45) is 1.18. The minimum Gasteiger partial charge on any atom is -0.393 e. The molecule has 0 saturated carbocycles. The van der Waals surface area contributed by atoms with E-state index < -0.39 is 0 Å². The maximum absolute atomic E-state index is 11.9. The van der Waals surface area contributed by atoms with Gasteiger partial charge >= 0.3 is 0 Å². The Kier molecular flexibility index (Phi) is 6.52. The quantitative estimate of drug-likeness (QED) is 0.676. The van der Waals surface area contributed by atoms with Gasteiger partial charge in [-0.15, -0.1) is 0 Å². The lowest BCUT2D eigenvalue weighted by Crippen LogP contribution is -2.45. The van der Waals surface area contributed by atoms with Crippen molar-refractivity contribution >= 4 is 23.1 Å². The van der Waals surface area contributed by atoms with E-state index in [1.807, 2.05) is 7.05 Å². The molecule has 2 N–H and O–H groups in total. The third kappa shape index (κ3) is 5.75. The maximum atomic E-state index is 11.9. The zero-order valence-corrected chi connectivity index (χ0v) is 12.2. The van der Waals surface area contributed by atoms with E-state index in [4.69, 9.17) is 18.0 Å². The Hall–Kier alpha value is -0.720. The number of carbonyl (C=O) groups excluding carboxylic acids is 1. The molecule has 5 nitrogen and oxygen atoms in total. The van der Waals surface area contributed by atoms with E-state index in [2.05, 4.69) is 16.8 Å². The molecule has 0 atom stereocenters. The van der Waals surface area contributed by atoms with Gasteiger partial charge in [-0.3, -0.25) is 4.79 Å². The molecule has 0 unspecified atom stereocenters. The fourth-order valence-electron chi connectivity index (χ4n) is 1.92. The Morgan fingerprint density at radius 3 is 2.44 bits per heavy atom. The van der Waals surface area contributed by atoms with E-state index in [-0.39, 0.29) is 5.91 Å². The minimum atomic E-state index is 0.171. The fraction of sp³-hybridized carbons (Fsp3) is 0.833. The van der Waals surface area contributed by atoms with Crippen LogP contribution in [0.2, 0.25) is 0 Å². The summed E-state index contributed by atoms with van der Waals surface area (Å²) in [6, 6.07) is 0. The van der Waals surface area contributed by atoms with Crippen LogP contribution in [0.5, 0.6) is 0 Å². The lowest BCUT2D eigenvalue weighted by molar-refractivity contribution is -0.130. The zero-order valence-electron chi connectivity index (χ0n) is 11.4. The van der Waals surface area contributed by atoms with Crippen molar-refractivity contribution in [2.75, 3.05) is 53.4 Å². The monoisotopic (exact) mass is 272 g/mol. The molecule has 0 aromatic carbocycles. The van der Waals surface area contributed by atoms with Crippen molar-refractivity contribution in [3.8, 4) is 0 Å². The zero-order chi connectivity index (χ0) is 13.5. The summed E-state index contributed by atoms with van der Waals surface area (Å²) < 4.78 is 0. The molecular formula is C12H24N4OS. The number of amides is 1. The second-order valence-corrected chi connectivity index (χ2v) is 5.45. The van der Waals surface area contributed by atoms with E-state index in [1.54, 1.807) is 4.90 Å². The molecule has 1 aliphatic rings. The Morgan fingerprint density at radius 1 is 1.28 bits per heavy atom. The molecule has 1 rings (SSSR count). The standard InChI is InChI=1S/C12H24N4OS/c1-14-7-9-16(10-8-14)6-4-12(17)15(2)5-3-11(13)18/h3-10H2,1-2H3,(H2,13,18). The first-order chi connectivity index (χ1) is 8.49. The molecule has 1 fully saturated rings. The van der Waals surface area contributed by atoms with Gasteiger partial charge in [-0.1, -0.05) is 12.2 Å². The Balaban J connectivity index is 2.17. The van der Waals surface area contributed by atoms with Crippen molar-refractivity contribution in [1.82, 2.24) is 14.7 Å². The summed E-state index contributed by atoms with van der Waals surface area (Å²) in [7, 11) is 3.94. The van der Waals surface area contributed by atoms with Crippen LogP contribution in [-0.4, -0.2) is 79.0 Å². The average Bonchev–Trinajstić information content (AvgIpc) is 2.34. The highest BCUT2D eigenvalue weighted by atomic mass is 32.1. The van der Waals surface area contributed by atoms with Crippen molar-refractivity contribution < 1.29 is 4.79 Å². The number of rotatable bonds is 6. The number of hydrogen-bond donors (Lipinski definition) is 1. The number of piperazine rings is 1. The highest BCUT2D eigenvalue weighted by Gasteiger charge is 2.16. The lowest BCUT2D eigenvalue weighted by atomic mass is 10.2. The molecule has 0 aromatic rings. The van der Waals surface area contributed by atoms with Crippen LogP contribution in [0.15, 0.2) is 0 Å². The topological polar surface area (TPSA) is 52.8 Å². The third-order valence-electron chi connectivity index (χ3n) is 3.36. The van der Waals surface area contributed by atoms with Crippen LogP contribution in [-0.2, 0) is 4.79 Å². The normalized spacial score (nSPS) is 17.7. The van der Waals surface area contributed by atoms with Gasteiger partial charge in [0.1, 0.15) is 0 Å². The van der Waals surface area contributed by atoms with Crippen LogP contribution in [0.1, 0.15) is 12.8 Å². The van der Waals surface area contributed by atoms with Crippen LogP contribution in [0.4, 0.5) is 0 Å². The SMILES string of the molecule is CN1CCN(CCC(=O)N(C)CCC(N)=S)CC1. The van der Waals surface area contributed by atoms with Crippen molar-refractivity contribution in [3.05, 3.63) is 0 Å². The Bertz CT molecular complexity index is 290. The molecule has 0 bridgehead atoms. The van der Waals surface area contributed by atoms with Gasteiger partial charge in [-0.05, 0) is 7.05 Å². The van der Waals surface area contributed by atoms with Gasteiger partial charge in [0.15, 0.2) is 0 Å². The van der Waals surface area contributed by atoms with Gasteiger partial charge in [0, 0.05) is 59.2 Å². The minimum absolute atomic E-state index is 0.171. The summed E-state index contributed by atoms with van der Waals surface area (Å²) in [5.74, 6) is 0.171. The predicted octanol–water partition coefficient (Wildman–Crippen LogP) is -0.241. The molecule has 0 aliphatic carbocycles. The Morgan fingerprint density at radius 2 is 1.89 bits per heavy atom. The van der Waals surface area contributed by atoms with Crippen molar-refractivity contribution in [3.63, 3.8) is 0 Å². The second-order valence-electron chi connectivity index (χ2n) is 4.93. The molecule has 1 heterocycles. The summed E-state index contributed by atoms with van der Waals surface area (Å²) in [5.41, 5.74) is 5.43. The van der Waals surface area contributed by atoms with E-state index in [0.717, 1.165) is 32.7 Å². The molecule has 0 spiro atoms. The van der Waals surface area contributed by atoms with Crippen LogP contribution in [0.25, 0.3) is 0 Å². The first-order valence-corrected chi connectivity index (χ1v) is 6.83. The van der Waals surface area contributed by atoms with E-state index >= 15 is 0 Å². The van der Waals surface area contributed by atoms with Crippen LogP contribution < -0.4 is 5.73 Å². The molecule has 0 radical (unpaired) electrons. The van der Waals surface area contributed by atoms with Gasteiger partial charge in [-0.25, -0.2) is 0 Å². The summed E-state index contributed by atoms with van der Waals surface area (Å²) >= 11 is 4.81. The van der Waals surface area contributed by atoms with Gasteiger partial charge in [-0.2, -0.15) is 0 Å². The summed E-state index contributed by atoms with van der Waals surface area (Å²) in [6.45, 7) is 5.76. The van der Waals surface area contributed by atoms with Crippen LogP contribution >= 0.6 is 12.2 Å². The van der Waals surface area contributed by atoms with E-state index in [9.17, 15) is 4.79 Å². The lowest BCUT2D eigenvalue weighted by Gasteiger charge is -2.32. The molecule has 104 valence electrons. The number of thiocarbonyl (C=S) groups is 1. The molecular weight excluding hydrogens is 248 g/mol. The van der Waals surface area contributed by atoms with Crippen LogP contribution in [0, 0.1) is 0 Å². The van der Waals surface area contributed by atoms with Crippen molar-refractivity contribution in [2.45, 2.75) is 12.8 Å². The number of nitrogens with zero attached hydrogens (tertiary/aromatic N) is 3. The molecule has 18 heavy (non-hydrogen) atoms. The average molecular weight is 272 g/mol. The van der Waals surface area contributed by atoms with Gasteiger partial charge in [0.25, 0.3) is 0 Å². The molecule has 6 heteroatoms. The first-order valence-electron chi connectivity index (χ1n) is 6.42. The largest absolute Gasteiger partial charge is 0.393 e. The molecule has 1 saturated heterocycles. The van der Waals surface area contributed by atoms with Crippen molar-refractivity contribution in [2.24, 2.45) is 5.73 Å².